The number of anilines is 1. The van der Waals surface area contributed by atoms with Crippen LogP contribution in [0.2, 0.25) is 5.02 Å². The molecular weight excluding hydrogens is 482 g/mol. The van der Waals surface area contributed by atoms with Crippen LogP contribution in [0.4, 0.5) is 5.82 Å². The van der Waals surface area contributed by atoms with Crippen LogP contribution in [0.15, 0.2) is 49.1 Å². The van der Waals surface area contributed by atoms with Crippen molar-refractivity contribution in [2.75, 3.05) is 18.6 Å². The van der Waals surface area contributed by atoms with E-state index in [1.165, 1.54) is 18.1 Å². The molecule has 4 fully saturated rings. The number of halogens is 1. The molecule has 2 bridgehead atoms. The van der Waals surface area contributed by atoms with E-state index >= 15 is 0 Å². The van der Waals surface area contributed by atoms with Crippen LogP contribution in [0.5, 0.6) is 5.88 Å². The van der Waals surface area contributed by atoms with Crippen molar-refractivity contribution in [2.24, 2.45) is 17.8 Å². The number of amides is 1. The lowest BCUT2D eigenvalue weighted by molar-refractivity contribution is 0.0948. The lowest BCUT2D eigenvalue weighted by Crippen LogP contribution is -2.23. The third-order valence-corrected chi connectivity index (χ3v) is 7.63. The number of fused-ring (bicyclic) bond motifs is 1. The summed E-state index contributed by atoms with van der Waals surface area (Å²) in [4.78, 5) is 20.1. The number of ether oxygens (including phenoxy) is 1. The van der Waals surface area contributed by atoms with E-state index in [-0.39, 0.29) is 18.3 Å². The summed E-state index contributed by atoms with van der Waals surface area (Å²) in [7, 11) is 1.50. The second-order valence-corrected chi connectivity index (χ2v) is 9.88. The largest absolute Gasteiger partial charge is 0.479 e. The zero-order chi connectivity index (χ0) is 24.4. The highest BCUT2D eigenvalue weighted by Gasteiger charge is 2.80. The Morgan fingerprint density at radius 3 is 2.83 bits per heavy atom. The molecule has 2 unspecified atom stereocenters. The Morgan fingerprint density at radius 2 is 2.14 bits per heavy atom. The number of hydrogen-bond acceptors (Lipinski definition) is 8. The molecule has 0 radical (unpaired) electrons. The molecule has 2 saturated carbocycles. The maximum Gasteiger partial charge on any atom is 0.258 e. The molecule has 4 aromatic rings. The summed E-state index contributed by atoms with van der Waals surface area (Å²) in [5.74, 6) is 3.79. The SMILES string of the molecule is COc1nn(Cc2ccc(N3CC4C5C4C53)nc2)cc1C(=O)NCc1cc(Cl)ccc1-n1cnnn1. The van der Waals surface area contributed by atoms with Crippen molar-refractivity contribution in [1.82, 2.24) is 40.3 Å². The number of nitrogens with zero attached hydrogens (tertiary/aromatic N) is 8. The van der Waals surface area contributed by atoms with Crippen LogP contribution in [-0.2, 0) is 13.1 Å². The molecule has 1 aromatic carbocycles. The summed E-state index contributed by atoms with van der Waals surface area (Å²) in [5.41, 5.74) is 2.82. The van der Waals surface area contributed by atoms with Crippen LogP contribution in [0.3, 0.4) is 0 Å². The molecule has 36 heavy (non-hydrogen) atoms. The van der Waals surface area contributed by atoms with Gasteiger partial charge in [0, 0.05) is 36.5 Å². The second kappa shape index (κ2) is 8.02. The van der Waals surface area contributed by atoms with Crippen molar-refractivity contribution in [3.63, 3.8) is 0 Å². The van der Waals surface area contributed by atoms with Crippen molar-refractivity contribution < 1.29 is 9.53 Å². The van der Waals surface area contributed by atoms with E-state index < -0.39 is 0 Å². The normalized spacial score (nSPS) is 22.9. The molecule has 1 N–H and O–H groups in total. The van der Waals surface area contributed by atoms with Gasteiger partial charge in [-0.1, -0.05) is 17.7 Å². The van der Waals surface area contributed by atoms with Crippen molar-refractivity contribution >= 4 is 23.3 Å². The number of hydrogen-bond donors (Lipinski definition) is 1. The third-order valence-electron chi connectivity index (χ3n) is 7.40. The predicted octanol–water partition coefficient (Wildman–Crippen LogP) is 1.96. The molecule has 2 aliphatic carbocycles. The van der Waals surface area contributed by atoms with Gasteiger partial charge in [-0.25, -0.2) is 9.67 Å². The number of rotatable bonds is 8. The van der Waals surface area contributed by atoms with E-state index in [2.05, 4.69) is 48.0 Å². The van der Waals surface area contributed by atoms with Crippen molar-refractivity contribution in [1.29, 1.82) is 0 Å². The first kappa shape index (κ1) is 21.3. The fourth-order valence-corrected chi connectivity index (χ4v) is 5.70. The minimum absolute atomic E-state index is 0.217. The van der Waals surface area contributed by atoms with Gasteiger partial charge in [-0.2, -0.15) is 0 Å². The number of carbonyl (C=O) groups excluding carboxylic acids is 1. The van der Waals surface area contributed by atoms with Gasteiger partial charge in [0.05, 0.1) is 19.3 Å². The summed E-state index contributed by atoms with van der Waals surface area (Å²) >= 11 is 6.18. The fraction of sp³-hybridized carbons (Fsp3) is 0.333. The van der Waals surface area contributed by atoms with E-state index in [9.17, 15) is 4.79 Å². The minimum Gasteiger partial charge on any atom is -0.479 e. The number of nitrogens with one attached hydrogen (secondary N) is 1. The lowest BCUT2D eigenvalue weighted by Gasteiger charge is -2.16. The van der Waals surface area contributed by atoms with Gasteiger partial charge in [-0.05, 0) is 63.6 Å². The summed E-state index contributed by atoms with van der Waals surface area (Å²) < 4.78 is 8.58. The molecule has 0 spiro atoms. The molecule has 2 atom stereocenters. The van der Waals surface area contributed by atoms with Crippen LogP contribution in [-0.4, -0.2) is 60.6 Å². The number of carbonyl (C=O) groups is 1. The van der Waals surface area contributed by atoms with Crippen molar-refractivity contribution in [2.45, 2.75) is 19.1 Å². The Morgan fingerprint density at radius 1 is 1.25 bits per heavy atom. The maximum atomic E-state index is 13.0. The first-order valence-electron chi connectivity index (χ1n) is 11.7. The van der Waals surface area contributed by atoms with Crippen LogP contribution in [0.25, 0.3) is 5.69 Å². The highest BCUT2D eigenvalue weighted by atomic mass is 35.5. The van der Waals surface area contributed by atoms with E-state index in [4.69, 9.17) is 16.3 Å². The number of piperidine rings is 1. The van der Waals surface area contributed by atoms with Crippen LogP contribution < -0.4 is 15.0 Å². The molecule has 4 aliphatic rings. The quantitative estimate of drug-likeness (QED) is 0.388. The summed E-state index contributed by atoms with van der Waals surface area (Å²) in [6.07, 6.45) is 5.05. The zero-order valence-corrected chi connectivity index (χ0v) is 20.1. The van der Waals surface area contributed by atoms with Crippen molar-refractivity contribution in [3.8, 4) is 11.6 Å². The van der Waals surface area contributed by atoms with Gasteiger partial charge in [0.2, 0.25) is 5.88 Å². The number of tetrazole rings is 1. The highest BCUT2D eigenvalue weighted by molar-refractivity contribution is 6.30. The first-order chi connectivity index (χ1) is 17.6. The smallest absolute Gasteiger partial charge is 0.258 e. The van der Waals surface area contributed by atoms with E-state index in [0.29, 0.717) is 17.1 Å². The molecule has 8 rings (SSSR count). The Kier molecular flexibility index (Phi) is 4.75. The van der Waals surface area contributed by atoms with Crippen LogP contribution in [0.1, 0.15) is 21.5 Å². The molecule has 1 amide bonds. The molecule has 2 saturated heterocycles. The Balaban J connectivity index is 1.04. The van der Waals surface area contributed by atoms with Gasteiger partial charge >= 0.3 is 0 Å². The van der Waals surface area contributed by atoms with Gasteiger partial charge in [0.25, 0.3) is 5.91 Å². The third kappa shape index (κ3) is 3.49. The number of aromatic nitrogens is 7. The van der Waals surface area contributed by atoms with Gasteiger partial charge in [-0.15, -0.1) is 10.2 Å². The maximum absolute atomic E-state index is 13.0. The van der Waals surface area contributed by atoms with Gasteiger partial charge in [0.15, 0.2) is 0 Å². The molecular formula is C24H22ClN9O2. The molecule has 2 aliphatic heterocycles. The number of pyridine rings is 1. The van der Waals surface area contributed by atoms with E-state index in [1.807, 2.05) is 6.20 Å². The molecule has 12 heteroatoms. The predicted molar refractivity (Wildman–Crippen MR) is 129 cm³/mol. The van der Waals surface area contributed by atoms with Crippen LogP contribution >= 0.6 is 11.6 Å². The topological polar surface area (TPSA) is 116 Å². The van der Waals surface area contributed by atoms with Gasteiger partial charge in [-0.3, -0.25) is 9.48 Å². The first-order valence-corrected chi connectivity index (χ1v) is 12.1. The monoisotopic (exact) mass is 503 g/mol. The molecule has 3 aromatic heterocycles. The number of benzene rings is 1. The fourth-order valence-electron chi connectivity index (χ4n) is 5.50. The molecule has 182 valence electrons. The number of methoxy groups -OCH3 is 1. The van der Waals surface area contributed by atoms with E-state index in [1.54, 1.807) is 29.1 Å². The lowest BCUT2D eigenvalue weighted by atomic mass is 10.1. The Hall–Kier alpha value is -3.99. The molecule has 5 heterocycles. The van der Waals surface area contributed by atoms with E-state index in [0.717, 1.165) is 53.0 Å². The summed E-state index contributed by atoms with van der Waals surface area (Å²) in [5, 5.41) is 19.2. The zero-order valence-electron chi connectivity index (χ0n) is 19.3. The van der Waals surface area contributed by atoms with Gasteiger partial charge in [0.1, 0.15) is 17.7 Å². The standard InChI is InChI=1S/C24H22ClN9O2/c1-36-24-17(23(35)27-8-14-6-15(25)3-4-18(14)34-12-28-30-31-34)10-32(29-24)9-13-2-5-19(26-7-13)33-11-16-20-21(16)22(20)33/h2-7,10,12,16,20-22H,8-9,11H2,1H3,(H,27,35). The average Bonchev–Trinajstić information content (AvgIpc) is 3.41. The summed E-state index contributed by atoms with van der Waals surface area (Å²) in [6, 6.07) is 10.2. The Bertz CT molecular complexity index is 1440. The van der Waals surface area contributed by atoms with Crippen molar-refractivity contribution in [3.05, 3.63) is 70.8 Å². The molecule has 11 nitrogen and oxygen atoms in total. The average molecular weight is 504 g/mol. The van der Waals surface area contributed by atoms with Crippen LogP contribution in [0, 0.1) is 17.8 Å². The van der Waals surface area contributed by atoms with Gasteiger partial charge < -0.3 is 15.0 Å². The summed E-state index contributed by atoms with van der Waals surface area (Å²) in [6.45, 7) is 1.84. The minimum atomic E-state index is -0.315. The highest BCUT2D eigenvalue weighted by Crippen LogP contribution is 2.75. The Labute approximate surface area is 211 Å². The second-order valence-electron chi connectivity index (χ2n) is 9.45.